The minimum absolute atomic E-state index is 0.105. The van der Waals surface area contributed by atoms with Crippen LogP contribution in [0.5, 0.6) is 0 Å². The number of carbonyl (C=O) groups is 1. The fraction of sp³-hybridized carbons (Fsp3) is 0.278. The number of halogens is 1. The molecular formula is C18H21ClN2O3S. The predicted octanol–water partition coefficient (Wildman–Crippen LogP) is 3.16. The van der Waals surface area contributed by atoms with Crippen molar-refractivity contribution in [2.24, 2.45) is 0 Å². The lowest BCUT2D eigenvalue weighted by atomic mass is 10.1. The summed E-state index contributed by atoms with van der Waals surface area (Å²) in [5.41, 5.74) is 2.34. The highest BCUT2D eigenvalue weighted by atomic mass is 35.5. The number of benzene rings is 2. The molecule has 0 fully saturated rings. The van der Waals surface area contributed by atoms with E-state index >= 15 is 0 Å². The molecule has 0 unspecified atom stereocenters. The minimum atomic E-state index is -3.30. The smallest absolute Gasteiger partial charge is 0.231 e. The molecule has 25 heavy (non-hydrogen) atoms. The van der Waals surface area contributed by atoms with E-state index in [1.165, 1.54) is 11.4 Å². The first-order valence-corrected chi connectivity index (χ1v) is 9.97. The summed E-state index contributed by atoms with van der Waals surface area (Å²) < 4.78 is 24.2. The molecule has 1 atom stereocenters. The van der Waals surface area contributed by atoms with E-state index in [-0.39, 0.29) is 18.4 Å². The van der Waals surface area contributed by atoms with Crippen LogP contribution >= 0.6 is 11.6 Å². The summed E-state index contributed by atoms with van der Waals surface area (Å²) in [4.78, 5) is 12.2. The molecule has 0 heterocycles. The van der Waals surface area contributed by atoms with Gasteiger partial charge in [0.05, 0.1) is 24.4 Å². The molecule has 1 amide bonds. The highest BCUT2D eigenvalue weighted by Gasteiger charge is 2.13. The molecule has 0 bridgehead atoms. The number of amides is 1. The van der Waals surface area contributed by atoms with E-state index in [0.717, 1.165) is 17.4 Å². The van der Waals surface area contributed by atoms with Gasteiger partial charge in [0.25, 0.3) is 0 Å². The molecular weight excluding hydrogens is 360 g/mol. The molecule has 1 N–H and O–H groups in total. The summed E-state index contributed by atoms with van der Waals surface area (Å²) >= 11 is 5.86. The maximum absolute atomic E-state index is 12.2. The lowest BCUT2D eigenvalue weighted by Gasteiger charge is -2.17. The third-order valence-electron chi connectivity index (χ3n) is 3.91. The summed E-state index contributed by atoms with van der Waals surface area (Å²) in [7, 11) is -1.81. The van der Waals surface area contributed by atoms with Gasteiger partial charge in [0, 0.05) is 12.1 Å². The standard InChI is InChI=1S/C18H21ClN2O3S/c1-13(15-6-8-16(19)9-7-15)20-18(22)12-14-4-10-17(11-5-14)21(2)25(3,23)24/h4-11,13H,12H2,1-3H3,(H,20,22)/t13-/m0/s1. The Bertz CT molecular complexity index is 834. The van der Waals surface area contributed by atoms with Gasteiger partial charge in [-0.25, -0.2) is 8.42 Å². The molecule has 0 radical (unpaired) electrons. The van der Waals surface area contributed by atoms with Gasteiger partial charge < -0.3 is 5.32 Å². The number of anilines is 1. The maximum atomic E-state index is 12.2. The number of nitrogens with one attached hydrogen (secondary N) is 1. The Balaban J connectivity index is 1.97. The number of hydrogen-bond acceptors (Lipinski definition) is 3. The van der Waals surface area contributed by atoms with Gasteiger partial charge in [-0.2, -0.15) is 0 Å². The van der Waals surface area contributed by atoms with Crippen LogP contribution in [0.3, 0.4) is 0 Å². The summed E-state index contributed by atoms with van der Waals surface area (Å²) in [5, 5.41) is 3.59. The normalized spacial score (nSPS) is 12.5. The van der Waals surface area contributed by atoms with Gasteiger partial charge in [-0.1, -0.05) is 35.9 Å². The van der Waals surface area contributed by atoms with E-state index in [1.54, 1.807) is 36.4 Å². The second-order valence-electron chi connectivity index (χ2n) is 5.91. The van der Waals surface area contributed by atoms with E-state index in [2.05, 4.69) is 5.32 Å². The predicted molar refractivity (Wildman–Crippen MR) is 101 cm³/mol. The van der Waals surface area contributed by atoms with Crippen LogP contribution in [0.15, 0.2) is 48.5 Å². The van der Waals surface area contributed by atoms with Crippen molar-refractivity contribution in [1.82, 2.24) is 5.32 Å². The van der Waals surface area contributed by atoms with Crippen LogP contribution in [0.2, 0.25) is 5.02 Å². The van der Waals surface area contributed by atoms with Crippen molar-refractivity contribution >= 4 is 33.2 Å². The molecule has 0 saturated heterocycles. The lowest BCUT2D eigenvalue weighted by Crippen LogP contribution is -2.28. The van der Waals surface area contributed by atoms with E-state index < -0.39 is 10.0 Å². The molecule has 0 spiro atoms. The van der Waals surface area contributed by atoms with Crippen molar-refractivity contribution in [1.29, 1.82) is 0 Å². The Morgan fingerprint density at radius 1 is 1.12 bits per heavy atom. The van der Waals surface area contributed by atoms with Crippen LogP contribution < -0.4 is 9.62 Å². The zero-order valence-electron chi connectivity index (χ0n) is 14.4. The van der Waals surface area contributed by atoms with Gasteiger partial charge in [0.15, 0.2) is 0 Å². The van der Waals surface area contributed by atoms with E-state index in [0.29, 0.717) is 10.7 Å². The van der Waals surface area contributed by atoms with Crippen LogP contribution in [0.1, 0.15) is 24.1 Å². The van der Waals surface area contributed by atoms with Crippen molar-refractivity contribution in [3.05, 3.63) is 64.7 Å². The maximum Gasteiger partial charge on any atom is 0.231 e. The Kier molecular flexibility index (Phi) is 6.08. The highest BCUT2D eigenvalue weighted by Crippen LogP contribution is 2.18. The Morgan fingerprint density at radius 3 is 2.20 bits per heavy atom. The van der Waals surface area contributed by atoms with Gasteiger partial charge in [-0.05, 0) is 42.3 Å². The molecule has 0 aromatic heterocycles. The second kappa shape index (κ2) is 7.89. The molecule has 7 heteroatoms. The largest absolute Gasteiger partial charge is 0.349 e. The first-order chi connectivity index (χ1) is 11.7. The molecule has 0 aliphatic rings. The average molecular weight is 381 g/mol. The molecule has 5 nitrogen and oxygen atoms in total. The lowest BCUT2D eigenvalue weighted by molar-refractivity contribution is -0.121. The van der Waals surface area contributed by atoms with Crippen molar-refractivity contribution in [3.8, 4) is 0 Å². The number of rotatable bonds is 6. The first-order valence-electron chi connectivity index (χ1n) is 7.74. The molecule has 2 aromatic rings. The van der Waals surface area contributed by atoms with Gasteiger partial charge in [0.1, 0.15) is 0 Å². The molecule has 134 valence electrons. The Labute approximate surface area is 153 Å². The zero-order valence-corrected chi connectivity index (χ0v) is 15.9. The summed E-state index contributed by atoms with van der Waals surface area (Å²) in [6, 6.07) is 14.1. The van der Waals surface area contributed by atoms with E-state index in [9.17, 15) is 13.2 Å². The monoisotopic (exact) mass is 380 g/mol. The number of hydrogen-bond donors (Lipinski definition) is 1. The molecule has 2 rings (SSSR count). The Hall–Kier alpha value is -2.05. The minimum Gasteiger partial charge on any atom is -0.349 e. The average Bonchev–Trinajstić information content (AvgIpc) is 2.54. The van der Waals surface area contributed by atoms with Crippen molar-refractivity contribution in [2.75, 3.05) is 17.6 Å². The quantitative estimate of drug-likeness (QED) is 0.837. The van der Waals surface area contributed by atoms with Gasteiger partial charge in [0.2, 0.25) is 15.9 Å². The SMILES string of the molecule is C[C@H](NC(=O)Cc1ccc(N(C)S(C)(=O)=O)cc1)c1ccc(Cl)cc1. The summed E-state index contributed by atoms with van der Waals surface area (Å²) in [5.74, 6) is -0.105. The van der Waals surface area contributed by atoms with E-state index in [1.807, 2.05) is 19.1 Å². The number of carbonyl (C=O) groups excluding carboxylic acids is 1. The van der Waals surface area contributed by atoms with Crippen LogP contribution in [0.25, 0.3) is 0 Å². The van der Waals surface area contributed by atoms with Crippen molar-refractivity contribution in [2.45, 2.75) is 19.4 Å². The number of nitrogens with zero attached hydrogens (tertiary/aromatic N) is 1. The van der Waals surface area contributed by atoms with Crippen LogP contribution in [-0.2, 0) is 21.2 Å². The van der Waals surface area contributed by atoms with Gasteiger partial charge in [-0.3, -0.25) is 9.10 Å². The van der Waals surface area contributed by atoms with Crippen LogP contribution in [0, 0.1) is 0 Å². The third kappa shape index (κ3) is 5.47. The third-order valence-corrected chi connectivity index (χ3v) is 5.37. The number of sulfonamides is 1. The zero-order chi connectivity index (χ0) is 18.6. The molecule has 2 aromatic carbocycles. The molecule has 0 saturated carbocycles. The summed E-state index contributed by atoms with van der Waals surface area (Å²) in [6.45, 7) is 1.91. The summed E-state index contributed by atoms with van der Waals surface area (Å²) in [6.07, 6.45) is 1.37. The highest BCUT2D eigenvalue weighted by molar-refractivity contribution is 7.92. The fourth-order valence-corrected chi connectivity index (χ4v) is 2.96. The fourth-order valence-electron chi connectivity index (χ4n) is 2.33. The first kappa shape index (κ1) is 19.3. The van der Waals surface area contributed by atoms with Crippen molar-refractivity contribution in [3.63, 3.8) is 0 Å². The van der Waals surface area contributed by atoms with Crippen LogP contribution in [0.4, 0.5) is 5.69 Å². The topological polar surface area (TPSA) is 66.5 Å². The van der Waals surface area contributed by atoms with E-state index in [4.69, 9.17) is 11.6 Å². The van der Waals surface area contributed by atoms with Gasteiger partial charge >= 0.3 is 0 Å². The van der Waals surface area contributed by atoms with Crippen molar-refractivity contribution < 1.29 is 13.2 Å². The Morgan fingerprint density at radius 2 is 1.68 bits per heavy atom. The van der Waals surface area contributed by atoms with Gasteiger partial charge in [-0.15, -0.1) is 0 Å². The van der Waals surface area contributed by atoms with Crippen LogP contribution in [-0.4, -0.2) is 27.6 Å². The second-order valence-corrected chi connectivity index (χ2v) is 8.36. The molecule has 0 aliphatic carbocycles. The molecule has 0 aliphatic heterocycles.